The maximum atomic E-state index is 13.5. The molecule has 160 valence electrons. The Hall–Kier alpha value is -2.42. The summed E-state index contributed by atoms with van der Waals surface area (Å²) in [6.45, 7) is 1.97. The van der Waals surface area contributed by atoms with Gasteiger partial charge in [0.05, 0.1) is 25.6 Å². The second kappa shape index (κ2) is 6.79. The molecular formula is C22H23ClN6OS. The fraction of sp³-hybridized carbons (Fsp3) is 0.409. The number of aryl methyl sites for hydroxylation is 1. The predicted molar refractivity (Wildman–Crippen MR) is 126 cm³/mol. The van der Waals surface area contributed by atoms with E-state index in [4.69, 9.17) is 16.6 Å². The monoisotopic (exact) mass is 454 g/mol. The average Bonchev–Trinajstić information content (AvgIpc) is 3.52. The van der Waals surface area contributed by atoms with Gasteiger partial charge in [0.15, 0.2) is 0 Å². The minimum atomic E-state index is -0.0554. The lowest BCUT2D eigenvalue weighted by molar-refractivity contribution is 0.445. The van der Waals surface area contributed by atoms with Gasteiger partial charge in [0.1, 0.15) is 5.65 Å². The molecule has 2 N–H and O–H groups in total. The highest BCUT2D eigenvalue weighted by atomic mass is 35.5. The number of halogens is 1. The summed E-state index contributed by atoms with van der Waals surface area (Å²) in [5.41, 5.74) is 3.04. The molecule has 6 rings (SSSR count). The van der Waals surface area contributed by atoms with Crippen molar-refractivity contribution in [2.45, 2.75) is 44.3 Å². The van der Waals surface area contributed by atoms with Gasteiger partial charge >= 0.3 is 0 Å². The number of fused-ring (bicyclic) bond motifs is 4. The Morgan fingerprint density at radius 2 is 2.10 bits per heavy atom. The van der Waals surface area contributed by atoms with Crippen molar-refractivity contribution in [1.29, 1.82) is 0 Å². The summed E-state index contributed by atoms with van der Waals surface area (Å²) in [6, 6.07) is 5.16. The Labute approximate surface area is 188 Å². The van der Waals surface area contributed by atoms with Crippen molar-refractivity contribution in [3.63, 3.8) is 0 Å². The second-order valence-corrected chi connectivity index (χ2v) is 10.1. The number of anilines is 1. The molecule has 3 atom stereocenters. The summed E-state index contributed by atoms with van der Waals surface area (Å²) >= 11 is 8.33. The normalized spacial score (nSPS) is 23.0. The van der Waals surface area contributed by atoms with Crippen LogP contribution in [0.25, 0.3) is 32.4 Å². The Morgan fingerprint density at radius 3 is 2.87 bits per heavy atom. The van der Waals surface area contributed by atoms with Crippen LogP contribution in [0.3, 0.4) is 0 Å². The van der Waals surface area contributed by atoms with Crippen LogP contribution in [-0.2, 0) is 7.05 Å². The van der Waals surface area contributed by atoms with E-state index < -0.39 is 0 Å². The van der Waals surface area contributed by atoms with E-state index in [9.17, 15) is 4.79 Å². The van der Waals surface area contributed by atoms with E-state index in [1.165, 1.54) is 0 Å². The lowest BCUT2D eigenvalue weighted by Gasteiger charge is -2.26. The Balaban J connectivity index is 1.52. The van der Waals surface area contributed by atoms with E-state index in [2.05, 4.69) is 20.2 Å². The minimum absolute atomic E-state index is 0.0554. The fourth-order valence-electron chi connectivity index (χ4n) is 5.48. The number of nitrogens with one attached hydrogen (secondary N) is 2. The zero-order chi connectivity index (χ0) is 21.4. The van der Waals surface area contributed by atoms with E-state index in [0.29, 0.717) is 34.2 Å². The SMILES string of the molecule is CN[C@@H]1C[C@@H]2CCC1N2c1nc2[nH]cc(-c3ccc4nc(C)sc4c3Cl)c2c(=O)n1C. The van der Waals surface area contributed by atoms with E-state index >= 15 is 0 Å². The summed E-state index contributed by atoms with van der Waals surface area (Å²) in [5, 5.41) is 5.60. The summed E-state index contributed by atoms with van der Waals surface area (Å²) in [6.07, 6.45) is 5.22. The minimum Gasteiger partial charge on any atom is -0.345 e. The molecule has 3 aromatic heterocycles. The lowest BCUT2D eigenvalue weighted by atomic mass is 9.96. The van der Waals surface area contributed by atoms with Crippen molar-refractivity contribution in [2.24, 2.45) is 7.05 Å². The number of aromatic nitrogens is 4. The summed E-state index contributed by atoms with van der Waals surface area (Å²) in [7, 11) is 3.84. The number of H-pyrrole nitrogens is 1. The number of hydrogen-bond donors (Lipinski definition) is 2. The molecule has 2 aliphatic rings. The molecule has 0 saturated carbocycles. The van der Waals surface area contributed by atoms with Crippen LogP contribution in [0.4, 0.5) is 5.95 Å². The van der Waals surface area contributed by atoms with Crippen molar-refractivity contribution < 1.29 is 0 Å². The van der Waals surface area contributed by atoms with Crippen LogP contribution in [0.2, 0.25) is 5.02 Å². The first-order valence-electron chi connectivity index (χ1n) is 10.6. The van der Waals surface area contributed by atoms with Gasteiger partial charge in [-0.1, -0.05) is 17.7 Å². The predicted octanol–water partition coefficient (Wildman–Crippen LogP) is 3.83. The highest BCUT2D eigenvalue weighted by molar-refractivity contribution is 7.19. The Morgan fingerprint density at radius 1 is 1.26 bits per heavy atom. The molecule has 1 aromatic carbocycles. The fourth-order valence-corrected chi connectivity index (χ4v) is 6.72. The lowest BCUT2D eigenvalue weighted by Crippen LogP contribution is -2.41. The van der Waals surface area contributed by atoms with Crippen molar-refractivity contribution in [3.05, 3.63) is 38.7 Å². The van der Waals surface area contributed by atoms with Crippen molar-refractivity contribution in [3.8, 4) is 11.1 Å². The number of benzene rings is 1. The van der Waals surface area contributed by atoms with Gasteiger partial charge < -0.3 is 15.2 Å². The highest BCUT2D eigenvalue weighted by Gasteiger charge is 2.47. The first-order valence-corrected chi connectivity index (χ1v) is 11.8. The first kappa shape index (κ1) is 19.3. The maximum Gasteiger partial charge on any atom is 0.264 e. The van der Waals surface area contributed by atoms with Gasteiger partial charge in [0, 0.05) is 42.5 Å². The topological polar surface area (TPSA) is 78.8 Å². The van der Waals surface area contributed by atoms with E-state index in [0.717, 1.165) is 51.6 Å². The molecule has 0 amide bonds. The molecule has 31 heavy (non-hydrogen) atoms. The molecule has 4 aromatic rings. The van der Waals surface area contributed by atoms with Crippen LogP contribution in [0.5, 0.6) is 0 Å². The van der Waals surface area contributed by atoms with E-state index in [1.54, 1.807) is 15.9 Å². The largest absolute Gasteiger partial charge is 0.345 e. The van der Waals surface area contributed by atoms with Crippen molar-refractivity contribution in [2.75, 3.05) is 11.9 Å². The van der Waals surface area contributed by atoms with Gasteiger partial charge in [0.25, 0.3) is 5.56 Å². The third-order valence-corrected chi connectivity index (χ3v) is 8.43. The molecule has 7 nitrogen and oxygen atoms in total. The van der Waals surface area contributed by atoms with Crippen LogP contribution in [0.1, 0.15) is 24.3 Å². The van der Waals surface area contributed by atoms with Crippen LogP contribution in [0, 0.1) is 6.92 Å². The Bertz CT molecular complexity index is 1400. The zero-order valence-corrected chi connectivity index (χ0v) is 19.1. The number of aromatic amines is 1. The number of hydrogen-bond acceptors (Lipinski definition) is 6. The standard InChI is InChI=1S/C22H23ClN6OS/c1-10-26-14-6-5-12(18(23)19(14)31-10)13-9-25-20-17(13)21(30)28(3)22(27-20)29-11-4-7-16(29)15(8-11)24-2/h5-6,9,11,15-16,24-25H,4,7-8H2,1-3H3/t11-,15+,16?/m0/s1. The molecular weight excluding hydrogens is 432 g/mol. The maximum absolute atomic E-state index is 13.5. The van der Waals surface area contributed by atoms with Crippen LogP contribution < -0.4 is 15.8 Å². The third kappa shape index (κ3) is 2.65. The summed E-state index contributed by atoms with van der Waals surface area (Å²) in [5.74, 6) is 0.746. The van der Waals surface area contributed by atoms with Crippen LogP contribution >= 0.6 is 22.9 Å². The second-order valence-electron chi connectivity index (χ2n) is 8.55. The highest BCUT2D eigenvalue weighted by Crippen LogP contribution is 2.42. The quantitative estimate of drug-likeness (QED) is 0.492. The smallest absolute Gasteiger partial charge is 0.264 e. The Kier molecular flexibility index (Phi) is 4.22. The van der Waals surface area contributed by atoms with Crippen molar-refractivity contribution >= 4 is 50.1 Å². The van der Waals surface area contributed by atoms with Gasteiger partial charge in [-0.15, -0.1) is 11.3 Å². The van der Waals surface area contributed by atoms with Gasteiger partial charge in [-0.05, 0) is 39.3 Å². The third-order valence-electron chi connectivity index (χ3n) is 6.92. The molecule has 0 aliphatic carbocycles. The number of likely N-dealkylation sites (N-methyl/N-ethyl adjacent to an activating group) is 1. The van der Waals surface area contributed by atoms with E-state index in [1.807, 2.05) is 39.3 Å². The van der Waals surface area contributed by atoms with Gasteiger partial charge in [-0.25, -0.2) is 4.98 Å². The average molecular weight is 455 g/mol. The van der Waals surface area contributed by atoms with Gasteiger partial charge in [0.2, 0.25) is 5.95 Å². The summed E-state index contributed by atoms with van der Waals surface area (Å²) < 4.78 is 2.64. The molecule has 2 saturated heterocycles. The molecule has 5 heterocycles. The van der Waals surface area contributed by atoms with Crippen LogP contribution in [0.15, 0.2) is 23.1 Å². The molecule has 0 spiro atoms. The molecule has 2 fully saturated rings. The number of rotatable bonds is 3. The first-order chi connectivity index (χ1) is 15.0. The number of nitrogens with zero attached hydrogens (tertiary/aromatic N) is 4. The summed E-state index contributed by atoms with van der Waals surface area (Å²) in [4.78, 5) is 28.6. The van der Waals surface area contributed by atoms with Crippen molar-refractivity contribution in [1.82, 2.24) is 24.8 Å². The number of thiazole rings is 1. The molecule has 2 aliphatic heterocycles. The van der Waals surface area contributed by atoms with Crippen LogP contribution in [-0.4, -0.2) is 44.7 Å². The zero-order valence-electron chi connectivity index (χ0n) is 17.6. The van der Waals surface area contributed by atoms with Gasteiger partial charge in [-0.3, -0.25) is 9.36 Å². The molecule has 1 unspecified atom stereocenters. The van der Waals surface area contributed by atoms with Gasteiger partial charge in [-0.2, -0.15) is 4.98 Å². The molecule has 0 radical (unpaired) electrons. The molecule has 2 bridgehead atoms. The van der Waals surface area contributed by atoms with E-state index in [-0.39, 0.29) is 5.56 Å². The molecule has 9 heteroatoms.